The molecule has 0 atom stereocenters. The molecule has 0 aromatic carbocycles. The topological polar surface area (TPSA) is 74.2 Å². The molecule has 1 fully saturated rings. The number of likely N-dealkylation sites (tertiary alicyclic amines) is 1. The fraction of sp³-hybridized carbons (Fsp3) is 0.643. The highest BCUT2D eigenvalue weighted by Gasteiger charge is 2.19. The molecule has 0 aliphatic carbocycles. The third-order valence-corrected chi connectivity index (χ3v) is 6.06. The van der Waals surface area contributed by atoms with Crippen LogP contribution in [0.2, 0.25) is 0 Å². The first-order chi connectivity index (χ1) is 10.8. The van der Waals surface area contributed by atoms with Gasteiger partial charge in [-0.05, 0) is 38.1 Å². The van der Waals surface area contributed by atoms with Crippen LogP contribution in [0, 0.1) is 5.92 Å². The molecule has 2 aromatic heterocycles. The summed E-state index contributed by atoms with van der Waals surface area (Å²) in [5.74, 6) is 1.56. The summed E-state index contributed by atoms with van der Waals surface area (Å²) in [5.41, 5.74) is 0.782. The van der Waals surface area contributed by atoms with Crippen molar-refractivity contribution in [1.82, 2.24) is 19.9 Å². The normalized spacial score (nSPS) is 17.2. The monoisotopic (exact) mass is 339 g/mol. The van der Waals surface area contributed by atoms with Gasteiger partial charge in [0.2, 0.25) is 0 Å². The van der Waals surface area contributed by atoms with E-state index in [0.29, 0.717) is 5.92 Å². The Kier molecular flexibility index (Phi) is 5.46. The van der Waals surface area contributed by atoms with Crippen molar-refractivity contribution in [3.63, 3.8) is 0 Å². The van der Waals surface area contributed by atoms with Crippen LogP contribution in [0.15, 0.2) is 10.7 Å². The van der Waals surface area contributed by atoms with E-state index in [1.807, 2.05) is 6.26 Å². The van der Waals surface area contributed by atoms with Gasteiger partial charge in [-0.25, -0.2) is 15.0 Å². The molecule has 0 spiro atoms. The second kappa shape index (κ2) is 7.54. The van der Waals surface area contributed by atoms with E-state index in [2.05, 4.69) is 25.2 Å². The van der Waals surface area contributed by atoms with Crippen LogP contribution in [0.3, 0.4) is 0 Å². The van der Waals surface area contributed by atoms with Gasteiger partial charge in [0.1, 0.15) is 16.8 Å². The van der Waals surface area contributed by atoms with E-state index >= 15 is 0 Å². The summed E-state index contributed by atoms with van der Waals surface area (Å²) in [6.45, 7) is 4.13. The Morgan fingerprint density at radius 2 is 2.23 bits per heavy atom. The number of piperidine rings is 1. The molecule has 2 aromatic rings. The lowest BCUT2D eigenvalue weighted by molar-refractivity contribution is 0.151. The number of aromatic nitrogens is 3. The van der Waals surface area contributed by atoms with Crippen LogP contribution in [0.4, 0.5) is 5.82 Å². The number of hydrogen-bond acceptors (Lipinski definition) is 8. The van der Waals surface area contributed by atoms with Gasteiger partial charge in [-0.2, -0.15) is 0 Å². The van der Waals surface area contributed by atoms with Gasteiger partial charge in [-0.3, -0.25) is 0 Å². The first kappa shape index (κ1) is 15.9. The number of hydrogen-bond donors (Lipinski definition) is 2. The van der Waals surface area contributed by atoms with E-state index in [9.17, 15) is 0 Å². The second-order valence-corrected chi connectivity index (χ2v) is 7.50. The minimum absolute atomic E-state index is 0.255. The van der Waals surface area contributed by atoms with Crippen molar-refractivity contribution >= 4 is 39.3 Å². The molecule has 0 bridgehead atoms. The summed E-state index contributed by atoms with van der Waals surface area (Å²) in [6, 6.07) is 0. The van der Waals surface area contributed by atoms with Crippen molar-refractivity contribution in [1.29, 1.82) is 0 Å². The number of rotatable bonds is 6. The highest BCUT2D eigenvalue weighted by atomic mass is 32.2. The van der Waals surface area contributed by atoms with Gasteiger partial charge in [0.15, 0.2) is 9.99 Å². The molecule has 1 aliphatic rings. The van der Waals surface area contributed by atoms with Crippen molar-refractivity contribution in [2.75, 3.05) is 44.4 Å². The minimum atomic E-state index is 0.255. The highest BCUT2D eigenvalue weighted by Crippen LogP contribution is 2.31. The number of aliphatic hydroxyl groups is 1. The van der Waals surface area contributed by atoms with Gasteiger partial charge in [-0.15, -0.1) is 11.3 Å². The van der Waals surface area contributed by atoms with Crippen LogP contribution in [0.5, 0.6) is 0 Å². The molecule has 3 heterocycles. The number of thiazole rings is 1. The quantitative estimate of drug-likeness (QED) is 0.779. The summed E-state index contributed by atoms with van der Waals surface area (Å²) in [4.78, 5) is 15.4. The molecule has 22 heavy (non-hydrogen) atoms. The number of fused-ring (bicyclic) bond motifs is 1. The number of aliphatic hydroxyl groups excluding tert-OH is 1. The molecule has 0 saturated carbocycles. The third kappa shape index (κ3) is 3.68. The molecule has 1 aliphatic heterocycles. The zero-order chi connectivity index (χ0) is 15.4. The van der Waals surface area contributed by atoms with E-state index in [1.54, 1.807) is 29.4 Å². The molecule has 6 nitrogen and oxygen atoms in total. The third-order valence-electron chi connectivity index (χ3n) is 4.03. The molecular weight excluding hydrogens is 318 g/mol. The molecule has 8 heteroatoms. The zero-order valence-corrected chi connectivity index (χ0v) is 14.3. The molecule has 1 saturated heterocycles. The van der Waals surface area contributed by atoms with Crippen LogP contribution in [0.1, 0.15) is 12.8 Å². The standard InChI is InChI=1S/C14H21N5OS2/c1-21-14-18-13-11(22-14)12(16-9-17-13)15-8-10-2-4-19(5-3-10)6-7-20/h9-10,20H,2-8H2,1H3,(H,15,16,17). The van der Waals surface area contributed by atoms with Gasteiger partial charge in [-0.1, -0.05) is 11.8 Å². The van der Waals surface area contributed by atoms with E-state index < -0.39 is 0 Å². The van der Waals surface area contributed by atoms with Crippen LogP contribution in [-0.4, -0.2) is 64.0 Å². The summed E-state index contributed by atoms with van der Waals surface area (Å²) in [6.07, 6.45) is 5.94. The summed E-state index contributed by atoms with van der Waals surface area (Å²) >= 11 is 3.29. The van der Waals surface area contributed by atoms with Crippen molar-refractivity contribution in [3.8, 4) is 0 Å². The molecule has 0 radical (unpaired) electrons. The van der Waals surface area contributed by atoms with Crippen molar-refractivity contribution in [2.45, 2.75) is 17.2 Å². The van der Waals surface area contributed by atoms with Gasteiger partial charge >= 0.3 is 0 Å². The van der Waals surface area contributed by atoms with Crippen molar-refractivity contribution in [3.05, 3.63) is 6.33 Å². The lowest BCUT2D eigenvalue weighted by Crippen LogP contribution is -2.37. The highest BCUT2D eigenvalue weighted by molar-refractivity contribution is 8.00. The van der Waals surface area contributed by atoms with E-state index in [-0.39, 0.29) is 6.61 Å². The largest absolute Gasteiger partial charge is 0.395 e. The maximum absolute atomic E-state index is 8.98. The molecule has 3 rings (SSSR count). The number of thioether (sulfide) groups is 1. The Hall–Kier alpha value is -0.960. The van der Waals surface area contributed by atoms with Gasteiger partial charge < -0.3 is 15.3 Å². The summed E-state index contributed by atoms with van der Waals surface area (Å²) in [5, 5.41) is 12.5. The predicted octanol–water partition coefficient (Wildman–Crippen LogP) is 1.92. The Bertz CT molecular complexity index is 612. The lowest BCUT2D eigenvalue weighted by Gasteiger charge is -2.31. The first-order valence-corrected chi connectivity index (χ1v) is 9.57. The maximum Gasteiger partial charge on any atom is 0.176 e. The van der Waals surface area contributed by atoms with Crippen LogP contribution >= 0.6 is 23.1 Å². The smallest absolute Gasteiger partial charge is 0.176 e. The van der Waals surface area contributed by atoms with Crippen LogP contribution < -0.4 is 5.32 Å². The van der Waals surface area contributed by atoms with Gasteiger partial charge in [0.05, 0.1) is 6.61 Å². The van der Waals surface area contributed by atoms with E-state index in [1.165, 1.54) is 12.8 Å². The fourth-order valence-corrected chi connectivity index (χ4v) is 4.22. The van der Waals surface area contributed by atoms with Gasteiger partial charge in [0.25, 0.3) is 0 Å². The summed E-state index contributed by atoms with van der Waals surface area (Å²) in [7, 11) is 0. The number of anilines is 1. The number of β-amino-alcohol motifs (C(OH)–C–C–N with tert-alkyl or cyclic N) is 1. The number of nitrogens with zero attached hydrogens (tertiary/aromatic N) is 4. The second-order valence-electron chi connectivity index (χ2n) is 5.45. The van der Waals surface area contributed by atoms with Crippen molar-refractivity contribution < 1.29 is 5.11 Å². The SMILES string of the molecule is CSc1nc2ncnc(NCC3CCN(CCO)CC3)c2s1. The maximum atomic E-state index is 8.98. The van der Waals surface area contributed by atoms with Crippen LogP contribution in [0.25, 0.3) is 10.3 Å². The molecule has 0 unspecified atom stereocenters. The Balaban J connectivity index is 1.59. The Labute approximate surface area is 138 Å². The Morgan fingerprint density at radius 1 is 1.41 bits per heavy atom. The molecular formula is C14H21N5OS2. The molecule has 0 amide bonds. The number of nitrogens with one attached hydrogen (secondary N) is 1. The van der Waals surface area contributed by atoms with Gasteiger partial charge in [0, 0.05) is 13.1 Å². The lowest BCUT2D eigenvalue weighted by atomic mass is 9.97. The molecule has 120 valence electrons. The van der Waals surface area contributed by atoms with Crippen LogP contribution in [-0.2, 0) is 0 Å². The predicted molar refractivity (Wildman–Crippen MR) is 91.7 cm³/mol. The average Bonchev–Trinajstić information content (AvgIpc) is 2.98. The summed E-state index contributed by atoms with van der Waals surface area (Å²) < 4.78 is 2.07. The average molecular weight is 339 g/mol. The first-order valence-electron chi connectivity index (χ1n) is 7.52. The van der Waals surface area contributed by atoms with E-state index in [0.717, 1.165) is 46.7 Å². The fourth-order valence-electron chi connectivity index (χ4n) is 2.74. The van der Waals surface area contributed by atoms with Crippen molar-refractivity contribution in [2.24, 2.45) is 5.92 Å². The van der Waals surface area contributed by atoms with E-state index in [4.69, 9.17) is 5.11 Å². The zero-order valence-electron chi connectivity index (χ0n) is 12.7. The minimum Gasteiger partial charge on any atom is -0.395 e. The molecule has 2 N–H and O–H groups in total. The Morgan fingerprint density at radius 3 is 2.95 bits per heavy atom.